The van der Waals surface area contributed by atoms with E-state index >= 15 is 0 Å². The maximum absolute atomic E-state index is 11.5. The Morgan fingerprint density at radius 1 is 0.905 bits per heavy atom. The average Bonchev–Trinajstić information content (AvgIpc) is 2.45. The van der Waals surface area contributed by atoms with E-state index < -0.39 is 0 Å². The number of rotatable bonds is 7. The molecular weight excluding hydrogens is 268 g/mol. The quantitative estimate of drug-likeness (QED) is 0.725. The van der Waals surface area contributed by atoms with Gasteiger partial charge in [-0.25, -0.2) is 0 Å². The van der Waals surface area contributed by atoms with Gasteiger partial charge in [-0.05, 0) is 11.1 Å². The SMILES string of the molecule is CC(C)C(=O)OCCc1ccccc1COC(=O)C(C)C. The van der Waals surface area contributed by atoms with Crippen molar-refractivity contribution in [1.82, 2.24) is 0 Å². The van der Waals surface area contributed by atoms with Gasteiger partial charge in [0.25, 0.3) is 0 Å². The van der Waals surface area contributed by atoms with Crippen LogP contribution < -0.4 is 0 Å². The second-order valence-corrected chi connectivity index (χ2v) is 5.60. The van der Waals surface area contributed by atoms with Crippen molar-refractivity contribution in [1.29, 1.82) is 0 Å². The van der Waals surface area contributed by atoms with Crippen LogP contribution in [0.4, 0.5) is 0 Å². The molecule has 0 aliphatic rings. The van der Waals surface area contributed by atoms with Crippen LogP contribution in [0.2, 0.25) is 0 Å². The summed E-state index contributed by atoms with van der Waals surface area (Å²) in [5, 5.41) is 0. The maximum atomic E-state index is 11.5. The van der Waals surface area contributed by atoms with Crippen LogP contribution in [0.25, 0.3) is 0 Å². The van der Waals surface area contributed by atoms with Gasteiger partial charge in [0, 0.05) is 6.42 Å². The summed E-state index contributed by atoms with van der Waals surface area (Å²) >= 11 is 0. The third kappa shape index (κ3) is 5.98. The normalized spacial score (nSPS) is 10.8. The average molecular weight is 292 g/mol. The van der Waals surface area contributed by atoms with E-state index in [-0.39, 0.29) is 30.4 Å². The van der Waals surface area contributed by atoms with Crippen molar-refractivity contribution in [3.8, 4) is 0 Å². The van der Waals surface area contributed by atoms with Crippen LogP contribution in [-0.4, -0.2) is 18.5 Å². The lowest BCUT2D eigenvalue weighted by Crippen LogP contribution is -2.15. The van der Waals surface area contributed by atoms with Crippen LogP contribution in [-0.2, 0) is 32.1 Å². The summed E-state index contributed by atoms with van der Waals surface area (Å²) in [7, 11) is 0. The molecule has 0 bridgehead atoms. The minimum atomic E-state index is -0.212. The van der Waals surface area contributed by atoms with Crippen molar-refractivity contribution in [2.45, 2.75) is 40.7 Å². The number of carbonyl (C=O) groups is 2. The molecule has 0 radical (unpaired) electrons. The first-order chi connectivity index (χ1) is 9.91. The molecule has 116 valence electrons. The number of carbonyl (C=O) groups excluding carboxylic acids is 2. The lowest BCUT2D eigenvalue weighted by atomic mass is 10.1. The summed E-state index contributed by atoms with van der Waals surface area (Å²) < 4.78 is 10.4. The first kappa shape index (κ1) is 17.2. The summed E-state index contributed by atoms with van der Waals surface area (Å²) in [6, 6.07) is 7.71. The number of esters is 2. The van der Waals surface area contributed by atoms with Gasteiger partial charge in [0.1, 0.15) is 6.61 Å². The highest BCUT2D eigenvalue weighted by Gasteiger charge is 2.11. The Balaban J connectivity index is 2.55. The van der Waals surface area contributed by atoms with E-state index in [1.165, 1.54) is 0 Å². The first-order valence-corrected chi connectivity index (χ1v) is 7.32. The maximum Gasteiger partial charge on any atom is 0.308 e. The molecule has 0 unspecified atom stereocenters. The van der Waals surface area contributed by atoms with E-state index in [9.17, 15) is 9.59 Å². The molecule has 0 spiro atoms. The van der Waals surface area contributed by atoms with Gasteiger partial charge in [0.05, 0.1) is 18.4 Å². The second-order valence-electron chi connectivity index (χ2n) is 5.60. The van der Waals surface area contributed by atoms with Crippen LogP contribution in [0, 0.1) is 11.8 Å². The zero-order chi connectivity index (χ0) is 15.8. The van der Waals surface area contributed by atoms with Crippen LogP contribution in [0.1, 0.15) is 38.8 Å². The third-order valence-corrected chi connectivity index (χ3v) is 3.05. The number of benzene rings is 1. The molecule has 0 heterocycles. The number of hydrogen-bond donors (Lipinski definition) is 0. The first-order valence-electron chi connectivity index (χ1n) is 7.32. The summed E-state index contributed by atoms with van der Waals surface area (Å²) in [6.07, 6.45) is 0.619. The van der Waals surface area contributed by atoms with Gasteiger partial charge in [0.2, 0.25) is 0 Å². The molecule has 0 N–H and O–H groups in total. The zero-order valence-electron chi connectivity index (χ0n) is 13.2. The highest BCUT2D eigenvalue weighted by molar-refractivity contribution is 5.71. The van der Waals surface area contributed by atoms with Gasteiger partial charge in [0.15, 0.2) is 0 Å². The molecule has 0 fully saturated rings. The Morgan fingerprint density at radius 2 is 1.43 bits per heavy atom. The minimum Gasteiger partial charge on any atom is -0.465 e. The molecule has 4 heteroatoms. The molecule has 0 saturated carbocycles. The molecule has 0 atom stereocenters. The van der Waals surface area contributed by atoms with E-state index in [4.69, 9.17) is 9.47 Å². The predicted octanol–water partition coefficient (Wildman–Crippen LogP) is 3.13. The zero-order valence-corrected chi connectivity index (χ0v) is 13.2. The predicted molar refractivity (Wildman–Crippen MR) is 80.6 cm³/mol. The van der Waals surface area contributed by atoms with Gasteiger partial charge in [-0.1, -0.05) is 52.0 Å². The van der Waals surface area contributed by atoms with Crippen molar-refractivity contribution < 1.29 is 19.1 Å². The Hall–Kier alpha value is -1.84. The topological polar surface area (TPSA) is 52.6 Å². The Morgan fingerprint density at radius 3 is 2.00 bits per heavy atom. The van der Waals surface area contributed by atoms with E-state index in [0.29, 0.717) is 13.0 Å². The summed E-state index contributed by atoms with van der Waals surface area (Å²) in [4.78, 5) is 22.9. The molecule has 4 nitrogen and oxygen atoms in total. The minimum absolute atomic E-state index is 0.118. The van der Waals surface area contributed by atoms with Crippen molar-refractivity contribution in [3.63, 3.8) is 0 Å². The molecule has 21 heavy (non-hydrogen) atoms. The van der Waals surface area contributed by atoms with E-state index in [0.717, 1.165) is 11.1 Å². The Labute approximate surface area is 126 Å². The van der Waals surface area contributed by atoms with Crippen molar-refractivity contribution in [2.75, 3.05) is 6.61 Å². The largest absolute Gasteiger partial charge is 0.465 e. The lowest BCUT2D eigenvalue weighted by molar-refractivity contribution is -0.148. The van der Waals surface area contributed by atoms with E-state index in [1.807, 2.05) is 38.1 Å². The summed E-state index contributed by atoms with van der Waals surface area (Å²) in [5.74, 6) is -0.661. The highest BCUT2D eigenvalue weighted by Crippen LogP contribution is 2.12. The molecule has 0 aliphatic heterocycles. The monoisotopic (exact) mass is 292 g/mol. The molecular formula is C17H24O4. The van der Waals surface area contributed by atoms with Gasteiger partial charge in [-0.2, -0.15) is 0 Å². The fourth-order valence-corrected chi connectivity index (χ4v) is 1.69. The van der Waals surface area contributed by atoms with Crippen LogP contribution >= 0.6 is 0 Å². The van der Waals surface area contributed by atoms with Gasteiger partial charge < -0.3 is 9.47 Å². The molecule has 1 aromatic carbocycles. The van der Waals surface area contributed by atoms with Gasteiger partial charge >= 0.3 is 11.9 Å². The molecule has 0 aliphatic carbocycles. The lowest BCUT2D eigenvalue weighted by Gasteiger charge is -2.12. The van der Waals surface area contributed by atoms with E-state index in [1.54, 1.807) is 13.8 Å². The third-order valence-electron chi connectivity index (χ3n) is 3.05. The second kappa shape index (κ2) is 8.45. The number of ether oxygens (including phenoxy) is 2. The van der Waals surface area contributed by atoms with Crippen LogP contribution in [0.15, 0.2) is 24.3 Å². The fraction of sp³-hybridized carbons (Fsp3) is 0.529. The molecule has 0 aromatic heterocycles. The Kier molecular flexibility index (Phi) is 6.92. The van der Waals surface area contributed by atoms with Crippen LogP contribution in [0.3, 0.4) is 0 Å². The van der Waals surface area contributed by atoms with Crippen LogP contribution in [0.5, 0.6) is 0 Å². The molecule has 1 aromatic rings. The smallest absolute Gasteiger partial charge is 0.308 e. The van der Waals surface area contributed by atoms with Crippen molar-refractivity contribution >= 4 is 11.9 Å². The Bertz CT molecular complexity index is 477. The summed E-state index contributed by atoms with van der Waals surface area (Å²) in [5.41, 5.74) is 1.98. The standard InChI is InChI=1S/C17H24O4/c1-12(2)16(18)20-10-9-14-7-5-6-8-15(14)11-21-17(19)13(3)4/h5-8,12-13H,9-11H2,1-4H3. The molecule has 0 amide bonds. The van der Waals surface area contributed by atoms with Crippen molar-refractivity contribution in [2.24, 2.45) is 11.8 Å². The summed E-state index contributed by atoms with van der Waals surface area (Å²) in [6.45, 7) is 7.82. The fourth-order valence-electron chi connectivity index (χ4n) is 1.69. The van der Waals surface area contributed by atoms with Crippen molar-refractivity contribution in [3.05, 3.63) is 35.4 Å². The van der Waals surface area contributed by atoms with E-state index in [2.05, 4.69) is 0 Å². The van der Waals surface area contributed by atoms with Gasteiger partial charge in [-0.3, -0.25) is 9.59 Å². The van der Waals surface area contributed by atoms with Gasteiger partial charge in [-0.15, -0.1) is 0 Å². The molecule has 0 saturated heterocycles. The highest BCUT2D eigenvalue weighted by atomic mass is 16.5. The molecule has 1 rings (SSSR count). The number of hydrogen-bond acceptors (Lipinski definition) is 4.